The van der Waals surface area contributed by atoms with Gasteiger partial charge in [-0.1, -0.05) is 30.3 Å². The summed E-state index contributed by atoms with van der Waals surface area (Å²) in [5.41, 5.74) is 14.1. The molecule has 0 unspecified atom stereocenters. The van der Waals surface area contributed by atoms with E-state index in [-0.39, 0.29) is 18.7 Å². The molecule has 4 rings (SSSR count). The maximum atomic E-state index is 12.1. The molecule has 1 amide bonds. The van der Waals surface area contributed by atoms with Crippen LogP contribution < -0.4 is 27.2 Å². The van der Waals surface area contributed by atoms with Gasteiger partial charge >= 0.3 is 6.09 Å². The van der Waals surface area contributed by atoms with Crippen LogP contribution in [0.3, 0.4) is 0 Å². The van der Waals surface area contributed by atoms with Gasteiger partial charge < -0.3 is 26.3 Å². The summed E-state index contributed by atoms with van der Waals surface area (Å²) >= 11 is 0. The Bertz CT molecular complexity index is 928. The standard InChI is InChI=1S/C21H25N5O3/c22-17(11-25-23)10-24-9-13-1-3-14(4-2-13)15-5-6-18-16(7-15)8-19-20(12-27)29-21(28)26(18)19/h1-7,11,19-20,24-25,27H,8-10,12,22-23H2/b17-11-/t19-,20-/m0/s1. The Morgan fingerprint density at radius 3 is 2.72 bits per heavy atom. The SMILES string of the molecule is NN/C=C(\N)CNCc1ccc(-c2ccc3c(c2)C[C@H]2[C@H](CO)OC(=O)N32)cc1. The van der Waals surface area contributed by atoms with E-state index >= 15 is 0 Å². The van der Waals surface area contributed by atoms with Crippen LogP contribution in [-0.2, 0) is 17.7 Å². The van der Waals surface area contributed by atoms with Gasteiger partial charge in [0, 0.05) is 25.0 Å². The van der Waals surface area contributed by atoms with Crippen LogP contribution in [0, 0.1) is 0 Å². The number of benzene rings is 2. The molecule has 29 heavy (non-hydrogen) atoms. The van der Waals surface area contributed by atoms with Crippen molar-refractivity contribution in [2.75, 3.05) is 18.1 Å². The molecule has 2 aromatic rings. The van der Waals surface area contributed by atoms with Crippen molar-refractivity contribution in [1.29, 1.82) is 0 Å². The average molecular weight is 395 g/mol. The van der Waals surface area contributed by atoms with E-state index in [4.69, 9.17) is 16.3 Å². The van der Waals surface area contributed by atoms with Gasteiger partial charge in [-0.3, -0.25) is 10.7 Å². The van der Waals surface area contributed by atoms with E-state index in [1.54, 1.807) is 11.1 Å². The molecule has 0 spiro atoms. The molecule has 2 aromatic carbocycles. The molecule has 0 saturated carbocycles. The molecule has 2 heterocycles. The highest BCUT2D eigenvalue weighted by Gasteiger charge is 2.47. The third-order valence-electron chi connectivity index (χ3n) is 5.37. The number of aliphatic hydroxyl groups excluding tert-OH is 1. The predicted molar refractivity (Wildman–Crippen MR) is 111 cm³/mol. The Labute approximate surface area is 169 Å². The van der Waals surface area contributed by atoms with E-state index in [9.17, 15) is 9.90 Å². The molecule has 2 aliphatic rings. The van der Waals surface area contributed by atoms with E-state index < -0.39 is 6.10 Å². The molecule has 7 N–H and O–H groups in total. The van der Waals surface area contributed by atoms with Gasteiger partial charge in [0.1, 0.15) is 6.10 Å². The number of nitrogens with zero attached hydrogens (tertiary/aromatic N) is 1. The smallest absolute Gasteiger partial charge is 0.415 e. The zero-order valence-electron chi connectivity index (χ0n) is 16.0. The monoisotopic (exact) mass is 395 g/mol. The van der Waals surface area contributed by atoms with Gasteiger partial charge in [0.2, 0.25) is 0 Å². The van der Waals surface area contributed by atoms with Crippen LogP contribution in [0.15, 0.2) is 54.4 Å². The van der Waals surface area contributed by atoms with Gasteiger partial charge in [-0.25, -0.2) is 4.79 Å². The Hall–Kier alpha value is -3.07. The second kappa shape index (κ2) is 8.12. The van der Waals surface area contributed by atoms with Crippen LogP contribution >= 0.6 is 0 Å². The number of nitrogens with one attached hydrogen (secondary N) is 2. The Morgan fingerprint density at radius 1 is 1.24 bits per heavy atom. The second-order valence-electron chi connectivity index (χ2n) is 7.28. The molecule has 8 nitrogen and oxygen atoms in total. The van der Waals surface area contributed by atoms with E-state index in [0.29, 0.717) is 25.2 Å². The number of ether oxygens (including phenoxy) is 1. The number of rotatable bonds is 7. The number of nitrogens with two attached hydrogens (primary N) is 2. The fourth-order valence-corrected chi connectivity index (χ4v) is 3.94. The summed E-state index contributed by atoms with van der Waals surface area (Å²) in [6, 6.07) is 14.3. The van der Waals surface area contributed by atoms with Crippen molar-refractivity contribution in [1.82, 2.24) is 10.7 Å². The number of carbonyl (C=O) groups is 1. The third kappa shape index (κ3) is 3.77. The zero-order chi connectivity index (χ0) is 20.4. The Morgan fingerprint density at radius 2 is 2.00 bits per heavy atom. The fourth-order valence-electron chi connectivity index (χ4n) is 3.94. The molecule has 2 aliphatic heterocycles. The normalized spacial score (nSPS) is 20.4. The molecule has 152 valence electrons. The summed E-state index contributed by atoms with van der Waals surface area (Å²) < 4.78 is 5.23. The third-order valence-corrected chi connectivity index (χ3v) is 5.37. The van der Waals surface area contributed by atoms with Crippen LogP contribution in [0.25, 0.3) is 11.1 Å². The fraction of sp³-hybridized carbons (Fsp3) is 0.286. The lowest BCUT2D eigenvalue weighted by Gasteiger charge is -2.14. The Kier molecular flexibility index (Phi) is 5.39. The van der Waals surface area contributed by atoms with Crippen LogP contribution in [-0.4, -0.2) is 36.5 Å². The molecule has 0 aliphatic carbocycles. The van der Waals surface area contributed by atoms with Gasteiger partial charge in [-0.2, -0.15) is 0 Å². The van der Waals surface area contributed by atoms with E-state index in [1.165, 1.54) is 0 Å². The molecule has 0 bridgehead atoms. The van der Waals surface area contributed by atoms with Crippen molar-refractivity contribution in [2.24, 2.45) is 11.6 Å². The minimum Gasteiger partial charge on any atom is -0.441 e. The molecule has 2 atom stereocenters. The van der Waals surface area contributed by atoms with Crippen LogP contribution in [0.5, 0.6) is 0 Å². The quantitative estimate of drug-likeness (QED) is 0.349. The van der Waals surface area contributed by atoms with Crippen LogP contribution in [0.1, 0.15) is 11.1 Å². The first-order valence-electron chi connectivity index (χ1n) is 9.55. The minimum absolute atomic E-state index is 0.123. The molecular weight excluding hydrogens is 370 g/mol. The van der Waals surface area contributed by atoms with Gasteiger partial charge in [0.05, 0.1) is 18.3 Å². The van der Waals surface area contributed by atoms with Gasteiger partial charge in [0.25, 0.3) is 0 Å². The molecule has 0 aromatic heterocycles. The number of hydrogen-bond donors (Lipinski definition) is 5. The maximum Gasteiger partial charge on any atom is 0.415 e. The van der Waals surface area contributed by atoms with Crippen molar-refractivity contribution >= 4 is 11.8 Å². The average Bonchev–Trinajstić information content (AvgIpc) is 3.25. The number of anilines is 1. The van der Waals surface area contributed by atoms with Crippen molar-refractivity contribution in [3.05, 3.63) is 65.5 Å². The number of aliphatic hydroxyl groups is 1. The van der Waals surface area contributed by atoms with Crippen molar-refractivity contribution in [3.8, 4) is 11.1 Å². The number of fused-ring (bicyclic) bond motifs is 3. The van der Waals surface area contributed by atoms with Crippen LogP contribution in [0.4, 0.5) is 10.5 Å². The van der Waals surface area contributed by atoms with Crippen molar-refractivity contribution < 1.29 is 14.6 Å². The molecule has 8 heteroatoms. The van der Waals surface area contributed by atoms with E-state index in [1.807, 2.05) is 12.1 Å². The highest BCUT2D eigenvalue weighted by Crippen LogP contribution is 2.40. The minimum atomic E-state index is -0.463. The first kappa shape index (κ1) is 19.3. The summed E-state index contributed by atoms with van der Waals surface area (Å²) in [5.74, 6) is 5.19. The molecule has 1 saturated heterocycles. The second-order valence-corrected chi connectivity index (χ2v) is 7.28. The molecule has 0 radical (unpaired) electrons. The zero-order valence-corrected chi connectivity index (χ0v) is 16.0. The van der Waals surface area contributed by atoms with Gasteiger partial charge in [0.15, 0.2) is 0 Å². The lowest BCUT2D eigenvalue weighted by atomic mass is 9.99. The lowest BCUT2D eigenvalue weighted by Crippen LogP contribution is -2.34. The summed E-state index contributed by atoms with van der Waals surface area (Å²) in [6.45, 7) is 1.09. The summed E-state index contributed by atoms with van der Waals surface area (Å²) in [7, 11) is 0. The van der Waals surface area contributed by atoms with Crippen molar-refractivity contribution in [2.45, 2.75) is 25.1 Å². The largest absolute Gasteiger partial charge is 0.441 e. The number of hydrazine groups is 1. The van der Waals surface area contributed by atoms with E-state index in [2.05, 4.69) is 41.1 Å². The number of amides is 1. The lowest BCUT2D eigenvalue weighted by molar-refractivity contribution is 0.0830. The van der Waals surface area contributed by atoms with E-state index in [0.717, 1.165) is 27.9 Å². The number of carbonyl (C=O) groups excluding carboxylic acids is 1. The molecular formula is C21H25N5O3. The van der Waals surface area contributed by atoms with Gasteiger partial charge in [-0.15, -0.1) is 0 Å². The van der Waals surface area contributed by atoms with Crippen LogP contribution in [0.2, 0.25) is 0 Å². The molecule has 1 fully saturated rings. The highest BCUT2D eigenvalue weighted by molar-refractivity contribution is 5.94. The first-order chi connectivity index (χ1) is 14.1. The summed E-state index contributed by atoms with van der Waals surface area (Å²) in [6.07, 6.45) is 1.40. The van der Waals surface area contributed by atoms with Gasteiger partial charge in [-0.05, 0) is 40.8 Å². The summed E-state index contributed by atoms with van der Waals surface area (Å²) in [4.78, 5) is 13.8. The van der Waals surface area contributed by atoms with Crippen molar-refractivity contribution in [3.63, 3.8) is 0 Å². The predicted octanol–water partition coefficient (Wildman–Crippen LogP) is 0.949. The Balaban J connectivity index is 1.45. The number of cyclic esters (lactones) is 1. The topological polar surface area (TPSA) is 126 Å². The first-order valence-corrected chi connectivity index (χ1v) is 9.55. The number of hydrogen-bond acceptors (Lipinski definition) is 7. The summed E-state index contributed by atoms with van der Waals surface area (Å²) in [5, 5.41) is 12.7. The highest BCUT2D eigenvalue weighted by atomic mass is 16.6. The maximum absolute atomic E-state index is 12.1.